The Morgan fingerprint density at radius 2 is 2.17 bits per heavy atom. The fourth-order valence-corrected chi connectivity index (χ4v) is 2.92. The van der Waals surface area contributed by atoms with Gasteiger partial charge in [-0.3, -0.25) is 0 Å². The normalized spacial score (nSPS) is 14.7. The van der Waals surface area contributed by atoms with Crippen molar-refractivity contribution in [2.45, 2.75) is 31.9 Å². The minimum absolute atomic E-state index is 0.191. The monoisotopic (exact) mass is 331 g/mol. The minimum Gasteiger partial charge on any atom is -0.491 e. The molecule has 0 bridgehead atoms. The van der Waals surface area contributed by atoms with Crippen LogP contribution in [-0.2, 0) is 5.54 Å². The van der Waals surface area contributed by atoms with Crippen molar-refractivity contribution in [2.24, 2.45) is 0 Å². The third-order valence-electron chi connectivity index (χ3n) is 3.77. The molecule has 0 radical (unpaired) electrons. The van der Waals surface area contributed by atoms with E-state index in [1.54, 1.807) is 41.8 Å². The Kier molecular flexibility index (Phi) is 6.11. The third-order valence-corrected chi connectivity index (χ3v) is 4.80. The lowest BCUT2D eigenvalue weighted by molar-refractivity contribution is 0.0969. The number of aliphatic hydroxyl groups is 1. The lowest BCUT2D eigenvalue weighted by atomic mass is 9.99. The maximum atomic E-state index is 10.1. The van der Waals surface area contributed by atoms with Gasteiger partial charge in [0, 0.05) is 18.1 Å². The summed E-state index contributed by atoms with van der Waals surface area (Å²) in [5.41, 5.74) is 0.338. The Hall–Kier alpha value is -1.94. The highest BCUT2D eigenvalue weighted by atomic mass is 32.1. The van der Waals surface area contributed by atoms with Crippen molar-refractivity contribution in [3.63, 3.8) is 0 Å². The average Bonchev–Trinajstić information content (AvgIpc) is 3.13. The molecule has 0 aliphatic carbocycles. The molecule has 1 aromatic heterocycles. The predicted octanol–water partition coefficient (Wildman–Crippen LogP) is 2.67. The van der Waals surface area contributed by atoms with Gasteiger partial charge < -0.3 is 15.2 Å². The van der Waals surface area contributed by atoms with Gasteiger partial charge >= 0.3 is 0 Å². The second-order valence-electron chi connectivity index (χ2n) is 5.50. The molecule has 23 heavy (non-hydrogen) atoms. The molecule has 1 heterocycles. The quantitative estimate of drug-likeness (QED) is 0.777. The number of rotatable bonds is 8. The SMILES string of the molecule is CCC(C)(NCC(O)COc1ccc(C#N)cc1)c1nccs1. The van der Waals surface area contributed by atoms with Gasteiger partial charge in [0.15, 0.2) is 0 Å². The van der Waals surface area contributed by atoms with Crippen molar-refractivity contribution in [1.82, 2.24) is 10.3 Å². The minimum atomic E-state index is -0.628. The lowest BCUT2D eigenvalue weighted by Gasteiger charge is -2.28. The molecular formula is C17H21N3O2S. The first-order valence-electron chi connectivity index (χ1n) is 7.53. The molecular weight excluding hydrogens is 310 g/mol. The van der Waals surface area contributed by atoms with E-state index in [1.165, 1.54) is 0 Å². The number of aliphatic hydroxyl groups excluding tert-OH is 1. The molecule has 0 spiro atoms. The maximum Gasteiger partial charge on any atom is 0.119 e. The molecule has 0 saturated heterocycles. The fraction of sp³-hybridized carbons (Fsp3) is 0.412. The zero-order valence-electron chi connectivity index (χ0n) is 13.3. The van der Waals surface area contributed by atoms with E-state index in [2.05, 4.69) is 30.2 Å². The van der Waals surface area contributed by atoms with Crippen LogP contribution < -0.4 is 10.1 Å². The predicted molar refractivity (Wildman–Crippen MR) is 90.4 cm³/mol. The van der Waals surface area contributed by atoms with Gasteiger partial charge in [0.25, 0.3) is 0 Å². The largest absolute Gasteiger partial charge is 0.491 e. The number of aromatic nitrogens is 1. The number of hydrogen-bond acceptors (Lipinski definition) is 6. The van der Waals surface area contributed by atoms with Crippen LogP contribution in [0.1, 0.15) is 30.8 Å². The van der Waals surface area contributed by atoms with E-state index in [0.29, 0.717) is 17.9 Å². The van der Waals surface area contributed by atoms with Crippen LogP contribution in [-0.4, -0.2) is 29.3 Å². The standard InChI is InChI=1S/C17H21N3O2S/c1-3-17(2,16-19-8-9-23-16)20-11-14(21)12-22-15-6-4-13(10-18)5-7-15/h4-9,14,20-21H,3,11-12H2,1-2H3. The van der Waals surface area contributed by atoms with E-state index in [1.807, 2.05) is 5.38 Å². The van der Waals surface area contributed by atoms with Gasteiger partial charge in [-0.15, -0.1) is 11.3 Å². The van der Waals surface area contributed by atoms with Crippen molar-refractivity contribution in [2.75, 3.05) is 13.2 Å². The summed E-state index contributed by atoms with van der Waals surface area (Å²) in [4.78, 5) is 4.36. The molecule has 2 atom stereocenters. The van der Waals surface area contributed by atoms with E-state index in [-0.39, 0.29) is 12.1 Å². The summed E-state index contributed by atoms with van der Waals surface area (Å²) >= 11 is 1.61. The zero-order valence-corrected chi connectivity index (χ0v) is 14.1. The van der Waals surface area contributed by atoms with E-state index in [0.717, 1.165) is 11.4 Å². The van der Waals surface area contributed by atoms with Gasteiger partial charge in [0.1, 0.15) is 23.5 Å². The van der Waals surface area contributed by atoms with Crippen molar-refractivity contribution < 1.29 is 9.84 Å². The first-order valence-corrected chi connectivity index (χ1v) is 8.41. The molecule has 0 aliphatic heterocycles. The molecule has 2 rings (SSSR count). The van der Waals surface area contributed by atoms with E-state index < -0.39 is 6.10 Å². The molecule has 0 fully saturated rings. The number of nitriles is 1. The summed E-state index contributed by atoms with van der Waals surface area (Å²) in [6, 6.07) is 8.89. The Labute approximate surface area is 140 Å². The van der Waals surface area contributed by atoms with Crippen molar-refractivity contribution in [1.29, 1.82) is 5.26 Å². The molecule has 2 aromatic rings. The summed E-state index contributed by atoms with van der Waals surface area (Å²) in [6.07, 6.45) is 2.04. The van der Waals surface area contributed by atoms with Crippen LogP contribution in [0.4, 0.5) is 0 Å². The van der Waals surface area contributed by atoms with Gasteiger partial charge in [-0.05, 0) is 37.6 Å². The highest BCUT2D eigenvalue weighted by Crippen LogP contribution is 2.26. The van der Waals surface area contributed by atoms with Crippen LogP contribution in [0.3, 0.4) is 0 Å². The van der Waals surface area contributed by atoms with Gasteiger partial charge in [0.05, 0.1) is 17.2 Å². The van der Waals surface area contributed by atoms with Crippen LogP contribution in [0.25, 0.3) is 0 Å². The number of nitrogens with one attached hydrogen (secondary N) is 1. The van der Waals surface area contributed by atoms with Crippen LogP contribution in [0.5, 0.6) is 5.75 Å². The topological polar surface area (TPSA) is 78.2 Å². The van der Waals surface area contributed by atoms with Crippen LogP contribution in [0.15, 0.2) is 35.8 Å². The number of ether oxygens (including phenoxy) is 1. The molecule has 6 heteroatoms. The highest BCUT2D eigenvalue weighted by Gasteiger charge is 2.27. The number of benzene rings is 1. The van der Waals surface area contributed by atoms with Gasteiger partial charge in [0.2, 0.25) is 0 Å². The van der Waals surface area contributed by atoms with Gasteiger partial charge in [-0.1, -0.05) is 6.92 Å². The van der Waals surface area contributed by atoms with Gasteiger partial charge in [-0.2, -0.15) is 5.26 Å². The first kappa shape index (κ1) is 17.4. The third kappa shape index (κ3) is 4.76. The van der Waals surface area contributed by atoms with E-state index in [4.69, 9.17) is 10.00 Å². The van der Waals surface area contributed by atoms with Crippen molar-refractivity contribution in [3.8, 4) is 11.8 Å². The number of thiazole rings is 1. The van der Waals surface area contributed by atoms with Crippen molar-refractivity contribution >= 4 is 11.3 Å². The molecule has 0 amide bonds. The molecule has 0 saturated carbocycles. The second kappa shape index (κ2) is 8.06. The summed E-state index contributed by atoms with van der Waals surface area (Å²) in [5.74, 6) is 0.640. The molecule has 5 nitrogen and oxygen atoms in total. The first-order chi connectivity index (χ1) is 11.1. The summed E-state index contributed by atoms with van der Waals surface area (Å²) in [5, 5.41) is 25.2. The second-order valence-corrected chi connectivity index (χ2v) is 6.40. The van der Waals surface area contributed by atoms with Crippen LogP contribution in [0, 0.1) is 11.3 Å². The smallest absolute Gasteiger partial charge is 0.119 e. The van der Waals surface area contributed by atoms with Crippen molar-refractivity contribution in [3.05, 3.63) is 46.4 Å². The average molecular weight is 331 g/mol. The number of nitrogens with zero attached hydrogens (tertiary/aromatic N) is 2. The summed E-state index contributed by atoms with van der Waals surface area (Å²) < 4.78 is 5.54. The maximum absolute atomic E-state index is 10.1. The van der Waals surface area contributed by atoms with Crippen LogP contribution in [0.2, 0.25) is 0 Å². The van der Waals surface area contributed by atoms with Gasteiger partial charge in [-0.25, -0.2) is 4.98 Å². The highest BCUT2D eigenvalue weighted by molar-refractivity contribution is 7.09. The van der Waals surface area contributed by atoms with E-state index in [9.17, 15) is 5.11 Å². The molecule has 0 aliphatic rings. The Morgan fingerprint density at radius 3 is 2.74 bits per heavy atom. The van der Waals surface area contributed by atoms with Crippen LogP contribution >= 0.6 is 11.3 Å². The fourth-order valence-electron chi connectivity index (χ4n) is 2.07. The van der Waals surface area contributed by atoms with E-state index >= 15 is 0 Å². The Morgan fingerprint density at radius 1 is 1.43 bits per heavy atom. The summed E-state index contributed by atoms with van der Waals surface area (Å²) in [7, 11) is 0. The zero-order chi connectivity index (χ0) is 16.7. The summed E-state index contributed by atoms with van der Waals surface area (Å²) in [6.45, 7) is 4.78. The molecule has 1 aromatic carbocycles. The molecule has 122 valence electrons. The Balaban J connectivity index is 1.82. The number of hydrogen-bond donors (Lipinski definition) is 2. The molecule has 2 N–H and O–H groups in total. The molecule has 2 unspecified atom stereocenters. The Bertz CT molecular complexity index is 637. The lowest BCUT2D eigenvalue weighted by Crippen LogP contribution is -2.44.